The molecule has 0 aromatic heterocycles. The van der Waals surface area contributed by atoms with E-state index in [-0.39, 0.29) is 25.2 Å². The molecule has 0 heterocycles. The molecule has 0 amide bonds. The minimum Gasteiger partial charge on any atom is -0.481 e. The molecule has 0 aromatic carbocycles. The van der Waals surface area contributed by atoms with Crippen LogP contribution >= 0.6 is 0 Å². The van der Waals surface area contributed by atoms with Gasteiger partial charge in [-0.25, -0.2) is 0 Å². The largest absolute Gasteiger partial charge is 0.481 e. The molecule has 2 N–H and O–H groups in total. The lowest BCUT2D eigenvalue weighted by atomic mass is 10.1. The number of carboxylic acid groups (broad SMARTS) is 2. The Bertz CT molecular complexity index is 263. The first-order chi connectivity index (χ1) is 6.84. The van der Waals surface area contributed by atoms with Gasteiger partial charge in [0, 0.05) is 6.54 Å². The predicted octanol–water partition coefficient (Wildman–Crippen LogP) is -0.175. The van der Waals surface area contributed by atoms with Crippen LogP contribution in [0.15, 0.2) is 0 Å². The maximum Gasteiger partial charge on any atom is 0.305 e. The lowest BCUT2D eigenvalue weighted by molar-refractivity contribution is -0.141. The normalized spacial score (nSPS) is 12.5. The summed E-state index contributed by atoms with van der Waals surface area (Å²) in [5, 5.41) is 17.0. The van der Waals surface area contributed by atoms with Gasteiger partial charge in [0.15, 0.2) is 0 Å². The molecular weight excluding hydrogens is 202 g/mol. The molecule has 0 aliphatic heterocycles. The monoisotopic (exact) mass is 217 g/mol. The van der Waals surface area contributed by atoms with Crippen molar-refractivity contribution in [2.24, 2.45) is 0 Å². The topological polar surface area (TPSA) is 94.9 Å². The van der Waals surface area contributed by atoms with E-state index in [0.717, 1.165) is 0 Å². The van der Waals surface area contributed by atoms with Crippen LogP contribution in [0.1, 0.15) is 19.8 Å². The van der Waals surface area contributed by atoms with Crippen molar-refractivity contribution in [2.45, 2.75) is 25.8 Å². The fourth-order valence-electron chi connectivity index (χ4n) is 1.20. The van der Waals surface area contributed by atoms with Crippen LogP contribution in [0.2, 0.25) is 0 Å². The summed E-state index contributed by atoms with van der Waals surface area (Å²) < 4.78 is 0. The quantitative estimate of drug-likeness (QED) is 0.614. The molecule has 0 rings (SSSR count). The van der Waals surface area contributed by atoms with Gasteiger partial charge in [-0.15, -0.1) is 0 Å². The average molecular weight is 217 g/mol. The van der Waals surface area contributed by atoms with E-state index in [1.54, 1.807) is 0 Å². The number of carbonyl (C=O) groups excluding carboxylic acids is 1. The van der Waals surface area contributed by atoms with Gasteiger partial charge < -0.3 is 10.2 Å². The number of likely N-dealkylation sites (N-methyl/N-ethyl adjacent to an activating group) is 1. The fourth-order valence-corrected chi connectivity index (χ4v) is 1.20. The van der Waals surface area contributed by atoms with Crippen molar-refractivity contribution in [3.63, 3.8) is 0 Å². The van der Waals surface area contributed by atoms with Crippen LogP contribution < -0.4 is 0 Å². The number of ketones is 1. The molecule has 1 unspecified atom stereocenters. The second-order valence-corrected chi connectivity index (χ2v) is 3.35. The van der Waals surface area contributed by atoms with Gasteiger partial charge in [-0.1, -0.05) is 0 Å². The number of rotatable bonds is 7. The Labute approximate surface area is 87.5 Å². The Hall–Kier alpha value is -1.43. The second kappa shape index (κ2) is 6.13. The lowest BCUT2D eigenvalue weighted by Crippen LogP contribution is -2.40. The van der Waals surface area contributed by atoms with Crippen molar-refractivity contribution in [2.75, 3.05) is 13.6 Å². The first kappa shape index (κ1) is 13.6. The Morgan fingerprint density at radius 3 is 2.07 bits per heavy atom. The van der Waals surface area contributed by atoms with Gasteiger partial charge in [0.1, 0.15) is 5.78 Å². The van der Waals surface area contributed by atoms with Gasteiger partial charge in [0.05, 0.1) is 18.9 Å². The highest BCUT2D eigenvalue weighted by Crippen LogP contribution is 2.04. The summed E-state index contributed by atoms with van der Waals surface area (Å²) in [5.41, 5.74) is 0. The number of Topliss-reactive ketones (excluding diaryl/α,β-unsaturated/α-hetero) is 1. The van der Waals surface area contributed by atoms with Crippen LogP contribution in [0.5, 0.6) is 0 Å². The van der Waals surface area contributed by atoms with Crippen LogP contribution in [0, 0.1) is 0 Å². The summed E-state index contributed by atoms with van der Waals surface area (Å²) in [6.07, 6.45) is -0.411. The molecule has 1 atom stereocenters. The number of hydrogen-bond acceptors (Lipinski definition) is 4. The molecular formula is C9H15NO5. The smallest absolute Gasteiger partial charge is 0.305 e. The summed E-state index contributed by atoms with van der Waals surface area (Å²) in [5.74, 6) is -2.32. The molecule has 0 aliphatic carbocycles. The van der Waals surface area contributed by atoms with Crippen molar-refractivity contribution in [1.29, 1.82) is 0 Å². The highest BCUT2D eigenvalue weighted by molar-refractivity contribution is 5.85. The molecule has 0 saturated carbocycles. The summed E-state index contributed by atoms with van der Waals surface area (Å²) >= 11 is 0. The molecule has 0 spiro atoms. The zero-order chi connectivity index (χ0) is 12.0. The third-order valence-corrected chi connectivity index (χ3v) is 2.05. The predicted molar refractivity (Wildman–Crippen MR) is 51.6 cm³/mol. The standard InChI is InChI=1S/C9H15NO5/c1-6(11)7(5-9(14)15)10(2)4-3-8(12)13/h7H,3-5H2,1-2H3,(H,12,13)(H,14,15). The molecule has 0 radical (unpaired) electrons. The first-order valence-electron chi connectivity index (χ1n) is 4.49. The number of nitrogens with zero attached hydrogens (tertiary/aromatic N) is 1. The third-order valence-electron chi connectivity index (χ3n) is 2.05. The van der Waals surface area contributed by atoms with E-state index < -0.39 is 18.0 Å². The Balaban J connectivity index is 4.28. The first-order valence-corrected chi connectivity index (χ1v) is 4.49. The molecule has 0 aliphatic rings. The Morgan fingerprint density at radius 2 is 1.73 bits per heavy atom. The molecule has 6 heteroatoms. The molecule has 6 nitrogen and oxygen atoms in total. The van der Waals surface area contributed by atoms with Crippen molar-refractivity contribution >= 4 is 17.7 Å². The summed E-state index contributed by atoms with van der Waals surface area (Å²) in [6.45, 7) is 1.46. The zero-order valence-electron chi connectivity index (χ0n) is 8.77. The second-order valence-electron chi connectivity index (χ2n) is 3.35. The van der Waals surface area contributed by atoms with E-state index in [9.17, 15) is 14.4 Å². The van der Waals surface area contributed by atoms with Crippen LogP contribution in [0.25, 0.3) is 0 Å². The van der Waals surface area contributed by atoms with Crippen LogP contribution in [0.3, 0.4) is 0 Å². The Morgan fingerprint density at radius 1 is 1.20 bits per heavy atom. The van der Waals surface area contributed by atoms with Gasteiger partial charge in [0.2, 0.25) is 0 Å². The van der Waals surface area contributed by atoms with Crippen molar-refractivity contribution < 1.29 is 24.6 Å². The van der Waals surface area contributed by atoms with Gasteiger partial charge >= 0.3 is 11.9 Å². The number of aliphatic carboxylic acids is 2. The van der Waals surface area contributed by atoms with E-state index in [4.69, 9.17) is 10.2 Å². The summed E-state index contributed by atoms with van der Waals surface area (Å²) in [7, 11) is 1.54. The zero-order valence-corrected chi connectivity index (χ0v) is 8.77. The summed E-state index contributed by atoms with van der Waals surface area (Å²) in [4.78, 5) is 33.3. The highest BCUT2D eigenvalue weighted by atomic mass is 16.4. The molecule has 0 saturated heterocycles. The molecule has 0 bridgehead atoms. The summed E-state index contributed by atoms with van der Waals surface area (Å²) in [6, 6.07) is -0.748. The molecule has 15 heavy (non-hydrogen) atoms. The van der Waals surface area contributed by atoms with E-state index >= 15 is 0 Å². The number of hydrogen-bond donors (Lipinski definition) is 2. The van der Waals surface area contributed by atoms with Crippen molar-refractivity contribution in [3.8, 4) is 0 Å². The van der Waals surface area contributed by atoms with E-state index in [1.807, 2.05) is 0 Å². The van der Waals surface area contributed by atoms with E-state index in [1.165, 1.54) is 18.9 Å². The third kappa shape index (κ3) is 5.79. The van der Waals surface area contributed by atoms with Gasteiger partial charge in [-0.05, 0) is 14.0 Å². The van der Waals surface area contributed by atoms with Crippen molar-refractivity contribution in [3.05, 3.63) is 0 Å². The van der Waals surface area contributed by atoms with Crippen molar-refractivity contribution in [1.82, 2.24) is 4.90 Å². The van der Waals surface area contributed by atoms with Gasteiger partial charge in [-0.3, -0.25) is 19.3 Å². The highest BCUT2D eigenvalue weighted by Gasteiger charge is 2.22. The van der Waals surface area contributed by atoms with Gasteiger partial charge in [0.25, 0.3) is 0 Å². The minimum absolute atomic E-state index is 0.111. The number of carbonyl (C=O) groups is 3. The average Bonchev–Trinajstić information content (AvgIpc) is 2.09. The fraction of sp³-hybridized carbons (Fsp3) is 0.667. The maximum atomic E-state index is 11.1. The van der Waals surface area contributed by atoms with Gasteiger partial charge in [-0.2, -0.15) is 0 Å². The SMILES string of the molecule is CC(=O)C(CC(=O)O)N(C)CCC(=O)O. The van der Waals surface area contributed by atoms with Crippen LogP contribution in [-0.4, -0.2) is 52.5 Å². The molecule has 0 fully saturated rings. The maximum absolute atomic E-state index is 11.1. The van der Waals surface area contributed by atoms with Crippen LogP contribution in [-0.2, 0) is 14.4 Å². The minimum atomic E-state index is -1.07. The number of carboxylic acids is 2. The van der Waals surface area contributed by atoms with Crippen LogP contribution in [0.4, 0.5) is 0 Å². The molecule has 86 valence electrons. The van der Waals surface area contributed by atoms with E-state index in [2.05, 4.69) is 0 Å². The van der Waals surface area contributed by atoms with E-state index in [0.29, 0.717) is 0 Å². The molecule has 0 aromatic rings. The Kier molecular flexibility index (Phi) is 5.54. The lowest BCUT2D eigenvalue weighted by Gasteiger charge is -2.23.